The van der Waals surface area contributed by atoms with Crippen molar-refractivity contribution in [2.75, 3.05) is 0 Å². The highest BCUT2D eigenvalue weighted by atomic mass is 35.5. The Kier molecular flexibility index (Phi) is 3.81. The molecule has 0 fully saturated rings. The number of benzene rings is 1. The van der Waals surface area contributed by atoms with Crippen LogP contribution < -0.4 is 5.32 Å². The first-order chi connectivity index (χ1) is 10.5. The van der Waals surface area contributed by atoms with Crippen molar-refractivity contribution >= 4 is 23.2 Å². The molecular weight excluding hydrogens is 305 g/mol. The van der Waals surface area contributed by atoms with Crippen LogP contribution in [0.5, 0.6) is 0 Å². The Labute approximate surface area is 131 Å². The molecule has 0 unspecified atom stereocenters. The number of hydrogen-bond donors (Lipinski definition) is 1. The Hall–Kier alpha value is -2.40. The number of imidazole rings is 1. The Morgan fingerprint density at radius 1 is 1.32 bits per heavy atom. The number of nitrogens with one attached hydrogen (secondary N) is 1. The van der Waals surface area contributed by atoms with Gasteiger partial charge in [-0.15, -0.1) is 0 Å². The van der Waals surface area contributed by atoms with Gasteiger partial charge in [-0.2, -0.15) is 0 Å². The Bertz CT molecular complexity index is 860. The molecule has 0 spiro atoms. The lowest BCUT2D eigenvalue weighted by Crippen LogP contribution is -2.23. The van der Waals surface area contributed by atoms with Gasteiger partial charge in [-0.1, -0.05) is 17.7 Å². The molecule has 0 atom stereocenters. The van der Waals surface area contributed by atoms with Gasteiger partial charge in [0.05, 0.1) is 17.3 Å². The molecule has 2 aromatic heterocycles. The molecule has 1 amide bonds. The lowest BCUT2D eigenvalue weighted by atomic mass is 10.1. The third-order valence-corrected chi connectivity index (χ3v) is 3.56. The Morgan fingerprint density at radius 3 is 2.95 bits per heavy atom. The van der Waals surface area contributed by atoms with Crippen LogP contribution in [0.2, 0.25) is 5.02 Å². The summed E-state index contributed by atoms with van der Waals surface area (Å²) < 4.78 is 15.0. The van der Waals surface area contributed by atoms with E-state index < -0.39 is 5.82 Å². The van der Waals surface area contributed by atoms with Gasteiger partial charge in [0.25, 0.3) is 5.91 Å². The second-order valence-corrected chi connectivity index (χ2v) is 5.42. The summed E-state index contributed by atoms with van der Waals surface area (Å²) >= 11 is 5.91. The third-order valence-electron chi connectivity index (χ3n) is 3.34. The topological polar surface area (TPSA) is 46.4 Å². The number of nitrogens with zero attached hydrogens (tertiary/aromatic N) is 2. The highest BCUT2D eigenvalue weighted by molar-refractivity contribution is 6.30. The lowest BCUT2D eigenvalue weighted by molar-refractivity contribution is 0.0949. The van der Waals surface area contributed by atoms with E-state index in [0.717, 1.165) is 11.2 Å². The van der Waals surface area contributed by atoms with Gasteiger partial charge in [-0.25, -0.2) is 9.37 Å². The number of carbonyl (C=O) groups excluding carboxylic acids is 1. The van der Waals surface area contributed by atoms with Gasteiger partial charge in [0.15, 0.2) is 0 Å². The second-order valence-electron chi connectivity index (χ2n) is 4.99. The van der Waals surface area contributed by atoms with Gasteiger partial charge in [-0.3, -0.25) is 4.79 Å². The summed E-state index contributed by atoms with van der Waals surface area (Å²) in [6.07, 6.45) is 3.53. The molecule has 0 radical (unpaired) electrons. The van der Waals surface area contributed by atoms with Gasteiger partial charge in [0.1, 0.15) is 11.5 Å². The monoisotopic (exact) mass is 317 g/mol. The first kappa shape index (κ1) is 14.5. The zero-order chi connectivity index (χ0) is 15.7. The lowest BCUT2D eigenvalue weighted by Gasteiger charge is -2.06. The zero-order valence-corrected chi connectivity index (χ0v) is 12.6. The number of pyridine rings is 1. The van der Waals surface area contributed by atoms with Crippen LogP contribution in [0.1, 0.15) is 21.6 Å². The number of hydrogen-bond acceptors (Lipinski definition) is 2. The summed E-state index contributed by atoms with van der Waals surface area (Å²) in [4.78, 5) is 16.5. The molecule has 3 aromatic rings. The molecule has 0 saturated carbocycles. The van der Waals surface area contributed by atoms with Gasteiger partial charge in [-0.05, 0) is 36.8 Å². The van der Waals surface area contributed by atoms with Crippen LogP contribution in [-0.2, 0) is 6.54 Å². The number of aryl methyl sites for hydroxylation is 1. The maximum absolute atomic E-state index is 13.2. The van der Waals surface area contributed by atoms with E-state index in [2.05, 4.69) is 10.3 Å². The van der Waals surface area contributed by atoms with Crippen molar-refractivity contribution in [1.82, 2.24) is 14.7 Å². The van der Waals surface area contributed by atoms with Gasteiger partial charge < -0.3 is 9.72 Å². The molecule has 22 heavy (non-hydrogen) atoms. The van der Waals surface area contributed by atoms with Crippen LogP contribution in [0.4, 0.5) is 4.39 Å². The van der Waals surface area contributed by atoms with Crippen molar-refractivity contribution < 1.29 is 9.18 Å². The van der Waals surface area contributed by atoms with E-state index in [4.69, 9.17) is 11.6 Å². The molecule has 2 heterocycles. The fraction of sp³-hybridized carbons (Fsp3) is 0.125. The molecular formula is C16H13ClFN3O. The van der Waals surface area contributed by atoms with E-state index in [-0.39, 0.29) is 12.5 Å². The minimum absolute atomic E-state index is 0.258. The average Bonchev–Trinajstić information content (AvgIpc) is 2.89. The van der Waals surface area contributed by atoms with Crippen LogP contribution in [-0.4, -0.2) is 15.3 Å². The third kappa shape index (κ3) is 2.94. The second kappa shape index (κ2) is 5.77. The van der Waals surface area contributed by atoms with E-state index >= 15 is 0 Å². The van der Waals surface area contributed by atoms with Crippen LogP contribution >= 0.6 is 11.6 Å². The fourth-order valence-corrected chi connectivity index (χ4v) is 2.38. The van der Waals surface area contributed by atoms with Gasteiger partial charge >= 0.3 is 0 Å². The van der Waals surface area contributed by atoms with Crippen molar-refractivity contribution in [2.45, 2.75) is 13.5 Å². The molecule has 112 valence electrons. The van der Waals surface area contributed by atoms with Crippen molar-refractivity contribution in [3.8, 4) is 0 Å². The molecule has 3 rings (SSSR count). The largest absolute Gasteiger partial charge is 0.346 e. The Balaban J connectivity index is 1.75. The fourth-order valence-electron chi connectivity index (χ4n) is 2.21. The molecule has 0 aliphatic carbocycles. The van der Waals surface area contributed by atoms with Crippen LogP contribution in [0.3, 0.4) is 0 Å². The van der Waals surface area contributed by atoms with Gasteiger partial charge in [0.2, 0.25) is 0 Å². The van der Waals surface area contributed by atoms with Crippen LogP contribution in [0.25, 0.3) is 5.65 Å². The summed E-state index contributed by atoms with van der Waals surface area (Å²) in [7, 11) is 0. The number of halogens is 2. The van der Waals surface area contributed by atoms with Gasteiger partial charge in [0, 0.05) is 18.0 Å². The number of carbonyl (C=O) groups is 1. The summed E-state index contributed by atoms with van der Waals surface area (Å²) in [6.45, 7) is 2.02. The normalized spacial score (nSPS) is 10.9. The highest BCUT2D eigenvalue weighted by Crippen LogP contribution is 2.13. The molecule has 6 heteroatoms. The minimum atomic E-state index is -0.432. The molecule has 1 N–H and O–H groups in total. The standard InChI is InChI=1S/C16H13ClFN3O/c1-10-2-4-12(18)6-14(10)16(22)19-7-13-9-21-8-11(17)3-5-15(21)20-13/h2-6,8-9H,7H2,1H3,(H,19,22). The first-order valence-electron chi connectivity index (χ1n) is 6.70. The molecule has 0 aliphatic heterocycles. The number of fused-ring (bicyclic) bond motifs is 1. The SMILES string of the molecule is Cc1ccc(F)cc1C(=O)NCc1cn2cc(Cl)ccc2n1. The Morgan fingerprint density at radius 2 is 2.14 bits per heavy atom. The molecule has 1 aromatic carbocycles. The molecule has 4 nitrogen and oxygen atoms in total. The van der Waals surface area contributed by atoms with Crippen molar-refractivity contribution in [2.24, 2.45) is 0 Å². The molecule has 0 aliphatic rings. The maximum Gasteiger partial charge on any atom is 0.251 e. The summed E-state index contributed by atoms with van der Waals surface area (Å²) in [6, 6.07) is 7.69. The predicted molar refractivity (Wildman–Crippen MR) is 82.5 cm³/mol. The minimum Gasteiger partial charge on any atom is -0.346 e. The number of amides is 1. The molecule has 0 saturated heterocycles. The summed E-state index contributed by atoms with van der Waals surface area (Å²) in [5.74, 6) is -0.759. The van der Waals surface area contributed by atoms with E-state index in [1.54, 1.807) is 41.9 Å². The quantitative estimate of drug-likeness (QED) is 0.805. The summed E-state index contributed by atoms with van der Waals surface area (Å²) in [5, 5.41) is 3.35. The van der Waals surface area contributed by atoms with E-state index in [0.29, 0.717) is 16.3 Å². The van der Waals surface area contributed by atoms with E-state index in [1.807, 2.05) is 0 Å². The maximum atomic E-state index is 13.2. The van der Waals surface area contributed by atoms with E-state index in [1.165, 1.54) is 12.1 Å². The first-order valence-corrected chi connectivity index (χ1v) is 7.08. The molecule has 0 bridgehead atoms. The average molecular weight is 318 g/mol. The van der Waals surface area contributed by atoms with Crippen LogP contribution in [0, 0.1) is 12.7 Å². The van der Waals surface area contributed by atoms with Crippen molar-refractivity contribution in [1.29, 1.82) is 0 Å². The van der Waals surface area contributed by atoms with Crippen molar-refractivity contribution in [3.05, 3.63) is 70.4 Å². The van der Waals surface area contributed by atoms with Crippen molar-refractivity contribution in [3.63, 3.8) is 0 Å². The number of rotatable bonds is 3. The highest BCUT2D eigenvalue weighted by Gasteiger charge is 2.11. The number of aromatic nitrogens is 2. The van der Waals surface area contributed by atoms with Crippen LogP contribution in [0.15, 0.2) is 42.7 Å². The van der Waals surface area contributed by atoms with E-state index in [9.17, 15) is 9.18 Å². The smallest absolute Gasteiger partial charge is 0.251 e. The summed E-state index contributed by atoms with van der Waals surface area (Å²) in [5.41, 5.74) is 2.49. The predicted octanol–water partition coefficient (Wildman–Crippen LogP) is 3.37. The zero-order valence-electron chi connectivity index (χ0n) is 11.8.